The van der Waals surface area contributed by atoms with Crippen LogP contribution in [0.1, 0.15) is 5.56 Å². The molecule has 2 heterocycles. The Morgan fingerprint density at radius 3 is 2.69 bits per heavy atom. The highest BCUT2D eigenvalue weighted by Crippen LogP contribution is 2.23. The van der Waals surface area contributed by atoms with Gasteiger partial charge < -0.3 is 0 Å². The molecule has 2 aromatic heterocycles. The Labute approximate surface area is 150 Å². The molecule has 0 amide bonds. The van der Waals surface area contributed by atoms with E-state index in [2.05, 4.69) is 20.0 Å². The highest BCUT2D eigenvalue weighted by molar-refractivity contribution is 7.92. The molecule has 0 aliphatic rings. The van der Waals surface area contributed by atoms with Gasteiger partial charge in [-0.15, -0.1) is 10.2 Å². The summed E-state index contributed by atoms with van der Waals surface area (Å²) in [4.78, 5) is 0.229. The average Bonchev–Trinajstić information content (AvgIpc) is 3.09. The molecular weight excluding hydrogens is 350 g/mol. The first-order chi connectivity index (χ1) is 12.5. The van der Waals surface area contributed by atoms with E-state index in [1.165, 1.54) is 6.33 Å². The molecule has 0 atom stereocenters. The van der Waals surface area contributed by atoms with Crippen LogP contribution in [-0.2, 0) is 10.0 Å². The summed E-state index contributed by atoms with van der Waals surface area (Å²) < 4.78 is 29.4. The quantitative estimate of drug-likeness (QED) is 0.601. The number of nitrogens with one attached hydrogen (secondary N) is 1. The van der Waals surface area contributed by atoms with Crippen molar-refractivity contribution >= 4 is 21.4 Å². The molecule has 0 spiro atoms. The number of nitrogens with zero attached hydrogens (tertiary/aromatic N) is 4. The van der Waals surface area contributed by atoms with Crippen LogP contribution < -0.4 is 4.72 Å². The fourth-order valence-corrected chi connectivity index (χ4v) is 3.77. The van der Waals surface area contributed by atoms with Crippen molar-refractivity contribution in [1.82, 2.24) is 19.8 Å². The van der Waals surface area contributed by atoms with Crippen molar-refractivity contribution in [2.45, 2.75) is 11.8 Å². The molecular formula is C18H15N5O2S. The number of aromatic nitrogens is 4. The Bertz CT molecular complexity index is 1200. The van der Waals surface area contributed by atoms with E-state index >= 15 is 0 Å². The van der Waals surface area contributed by atoms with E-state index in [4.69, 9.17) is 0 Å². The molecule has 130 valence electrons. The van der Waals surface area contributed by atoms with Crippen molar-refractivity contribution in [3.05, 3.63) is 72.6 Å². The largest absolute Gasteiger partial charge is 0.280 e. The number of benzene rings is 2. The zero-order valence-corrected chi connectivity index (χ0v) is 14.7. The number of sulfonamides is 1. The lowest BCUT2D eigenvalue weighted by Crippen LogP contribution is -2.13. The van der Waals surface area contributed by atoms with Gasteiger partial charge >= 0.3 is 0 Å². The van der Waals surface area contributed by atoms with Crippen LogP contribution in [0, 0.1) is 6.92 Å². The van der Waals surface area contributed by atoms with Gasteiger partial charge in [0.1, 0.15) is 6.33 Å². The third-order valence-electron chi connectivity index (χ3n) is 3.87. The molecule has 0 bridgehead atoms. The van der Waals surface area contributed by atoms with E-state index in [1.807, 2.05) is 25.1 Å². The molecule has 4 rings (SSSR count). The highest BCUT2D eigenvalue weighted by atomic mass is 32.2. The first-order valence-electron chi connectivity index (χ1n) is 7.88. The predicted molar refractivity (Wildman–Crippen MR) is 98.2 cm³/mol. The molecule has 0 aliphatic heterocycles. The van der Waals surface area contributed by atoms with Crippen LogP contribution in [0.5, 0.6) is 0 Å². The van der Waals surface area contributed by atoms with Crippen LogP contribution in [0.15, 0.2) is 71.9 Å². The Morgan fingerprint density at radius 2 is 1.85 bits per heavy atom. The molecule has 2 aromatic carbocycles. The first-order valence-corrected chi connectivity index (χ1v) is 9.37. The number of aryl methyl sites for hydroxylation is 1. The fraction of sp³-hybridized carbons (Fsp3) is 0.0556. The van der Waals surface area contributed by atoms with Crippen molar-refractivity contribution in [2.24, 2.45) is 0 Å². The maximum absolute atomic E-state index is 12.6. The molecule has 0 saturated carbocycles. The fourth-order valence-electron chi connectivity index (χ4n) is 2.62. The summed E-state index contributed by atoms with van der Waals surface area (Å²) in [6.07, 6.45) is 1.52. The molecule has 1 N–H and O–H groups in total. The monoisotopic (exact) mass is 365 g/mol. The molecule has 7 nitrogen and oxygen atoms in total. The molecule has 0 saturated heterocycles. The third kappa shape index (κ3) is 3.14. The van der Waals surface area contributed by atoms with Gasteiger partial charge in [-0.1, -0.05) is 24.3 Å². The van der Waals surface area contributed by atoms with Gasteiger partial charge in [-0.3, -0.25) is 4.72 Å². The van der Waals surface area contributed by atoms with Crippen molar-refractivity contribution in [3.8, 4) is 11.3 Å². The number of anilines is 1. The molecule has 26 heavy (non-hydrogen) atoms. The Kier molecular flexibility index (Phi) is 3.89. The maximum Gasteiger partial charge on any atom is 0.261 e. The summed E-state index contributed by atoms with van der Waals surface area (Å²) in [6, 6.07) is 17.5. The molecule has 0 fully saturated rings. The SMILES string of the molecule is Cc1cccc(S(=O)(=O)Nc2cccc(-c3ccc4nncn4n3)c2)c1. The summed E-state index contributed by atoms with van der Waals surface area (Å²) in [5, 5.41) is 12.1. The van der Waals surface area contributed by atoms with Gasteiger partial charge in [0.2, 0.25) is 0 Å². The summed E-state index contributed by atoms with van der Waals surface area (Å²) >= 11 is 0. The third-order valence-corrected chi connectivity index (χ3v) is 5.25. The topological polar surface area (TPSA) is 89.2 Å². The second-order valence-corrected chi connectivity index (χ2v) is 7.54. The van der Waals surface area contributed by atoms with Gasteiger partial charge in [0.15, 0.2) is 5.65 Å². The minimum Gasteiger partial charge on any atom is -0.280 e. The van der Waals surface area contributed by atoms with E-state index in [1.54, 1.807) is 47.0 Å². The van der Waals surface area contributed by atoms with Crippen molar-refractivity contribution in [3.63, 3.8) is 0 Å². The van der Waals surface area contributed by atoms with E-state index in [9.17, 15) is 8.42 Å². The zero-order chi connectivity index (χ0) is 18.1. The summed E-state index contributed by atoms with van der Waals surface area (Å²) in [5.74, 6) is 0. The first kappa shape index (κ1) is 16.2. The summed E-state index contributed by atoms with van der Waals surface area (Å²) in [7, 11) is -3.66. The Balaban J connectivity index is 1.67. The lowest BCUT2D eigenvalue weighted by atomic mass is 10.1. The van der Waals surface area contributed by atoms with Crippen molar-refractivity contribution in [1.29, 1.82) is 0 Å². The molecule has 0 aliphatic carbocycles. The second kappa shape index (κ2) is 6.23. The highest BCUT2D eigenvalue weighted by Gasteiger charge is 2.14. The van der Waals surface area contributed by atoms with Crippen molar-refractivity contribution in [2.75, 3.05) is 4.72 Å². The lowest BCUT2D eigenvalue weighted by Gasteiger charge is -2.10. The van der Waals surface area contributed by atoms with Gasteiger partial charge in [-0.05, 0) is 48.9 Å². The normalized spacial score (nSPS) is 11.6. The van der Waals surface area contributed by atoms with E-state index in [0.29, 0.717) is 17.0 Å². The van der Waals surface area contributed by atoms with Crippen LogP contribution in [0.3, 0.4) is 0 Å². The van der Waals surface area contributed by atoms with E-state index in [0.717, 1.165) is 11.1 Å². The van der Waals surface area contributed by atoms with Crippen LogP contribution in [0.25, 0.3) is 16.9 Å². The minimum atomic E-state index is -3.66. The molecule has 8 heteroatoms. The van der Waals surface area contributed by atoms with Gasteiger partial charge in [-0.2, -0.15) is 9.61 Å². The minimum absolute atomic E-state index is 0.229. The zero-order valence-electron chi connectivity index (χ0n) is 13.9. The molecule has 4 aromatic rings. The average molecular weight is 365 g/mol. The number of rotatable bonds is 4. The van der Waals surface area contributed by atoms with Crippen LogP contribution >= 0.6 is 0 Å². The smallest absolute Gasteiger partial charge is 0.261 e. The molecule has 0 unspecified atom stereocenters. The standard InChI is InChI=1S/C18H15N5O2S/c1-13-4-2-7-16(10-13)26(24,25)22-15-6-3-5-14(11-15)17-8-9-18-20-19-12-23(18)21-17/h2-12,22H,1H3. The summed E-state index contributed by atoms with van der Waals surface area (Å²) in [6.45, 7) is 1.85. The molecule has 0 radical (unpaired) electrons. The van der Waals surface area contributed by atoms with E-state index < -0.39 is 10.0 Å². The van der Waals surface area contributed by atoms with Gasteiger partial charge in [0.05, 0.1) is 10.6 Å². The van der Waals surface area contributed by atoms with E-state index in [-0.39, 0.29) is 4.90 Å². The van der Waals surface area contributed by atoms with Crippen LogP contribution in [0.4, 0.5) is 5.69 Å². The second-order valence-electron chi connectivity index (χ2n) is 5.86. The van der Waals surface area contributed by atoms with Crippen LogP contribution in [-0.4, -0.2) is 28.2 Å². The number of hydrogen-bond acceptors (Lipinski definition) is 5. The Hall–Kier alpha value is -3.26. The van der Waals surface area contributed by atoms with Crippen LogP contribution in [0.2, 0.25) is 0 Å². The van der Waals surface area contributed by atoms with Gasteiger partial charge in [-0.25, -0.2) is 8.42 Å². The number of fused-ring (bicyclic) bond motifs is 1. The predicted octanol–water partition coefficient (Wildman–Crippen LogP) is 2.90. The number of hydrogen-bond donors (Lipinski definition) is 1. The lowest BCUT2D eigenvalue weighted by molar-refractivity contribution is 0.601. The van der Waals surface area contributed by atoms with Crippen molar-refractivity contribution < 1.29 is 8.42 Å². The van der Waals surface area contributed by atoms with Gasteiger partial charge in [0.25, 0.3) is 10.0 Å². The Morgan fingerprint density at radius 1 is 1.00 bits per heavy atom. The maximum atomic E-state index is 12.6. The summed E-state index contributed by atoms with van der Waals surface area (Å²) in [5.41, 5.74) is 3.46. The van der Waals surface area contributed by atoms with Gasteiger partial charge in [0, 0.05) is 11.3 Å².